The number of rotatable bonds is 1. The molecular weight excluding hydrogens is 98.1 g/mol. The van der Waals surface area contributed by atoms with Gasteiger partial charge in [0.25, 0.3) is 0 Å². The Kier molecular flexibility index (Phi) is 1.90. The van der Waals surface area contributed by atoms with Gasteiger partial charge >= 0.3 is 0 Å². The molecular formula is C7H15N. The van der Waals surface area contributed by atoms with Crippen molar-refractivity contribution in [2.75, 3.05) is 7.05 Å². The van der Waals surface area contributed by atoms with Gasteiger partial charge in [0.1, 0.15) is 0 Å². The average molecular weight is 113 g/mol. The van der Waals surface area contributed by atoms with Crippen LogP contribution in [0.25, 0.3) is 0 Å². The van der Waals surface area contributed by atoms with Gasteiger partial charge < -0.3 is 5.32 Å². The fraction of sp³-hybridized carbons (Fsp3) is 1.00. The lowest BCUT2D eigenvalue weighted by Crippen LogP contribution is -2.26. The maximum atomic E-state index is 3.31. The summed E-state index contributed by atoms with van der Waals surface area (Å²) >= 11 is 0. The fourth-order valence-electron chi connectivity index (χ4n) is 1.57. The van der Waals surface area contributed by atoms with Crippen LogP contribution in [0.2, 0.25) is 0 Å². The van der Waals surface area contributed by atoms with Gasteiger partial charge in [-0.2, -0.15) is 0 Å². The van der Waals surface area contributed by atoms with E-state index in [4.69, 9.17) is 0 Å². The van der Waals surface area contributed by atoms with E-state index in [2.05, 4.69) is 19.3 Å². The first kappa shape index (κ1) is 6.09. The van der Waals surface area contributed by atoms with E-state index in [1.807, 2.05) is 0 Å². The molecule has 1 nitrogen and oxygen atoms in total. The molecule has 1 rings (SSSR count). The highest BCUT2D eigenvalue weighted by Gasteiger charge is 2.20. The molecule has 8 heavy (non-hydrogen) atoms. The first-order chi connectivity index (χ1) is 3.84. The smallest absolute Gasteiger partial charge is 0.00896 e. The van der Waals surface area contributed by atoms with Crippen LogP contribution in [0.4, 0.5) is 0 Å². The van der Waals surface area contributed by atoms with E-state index in [-0.39, 0.29) is 0 Å². The zero-order valence-corrected chi connectivity index (χ0v) is 5.78. The molecule has 0 unspecified atom stereocenters. The SMILES string of the molecule is CN[C@H]1CCC[C@@H]1C. The molecule has 48 valence electrons. The molecule has 0 aliphatic heterocycles. The molecule has 1 fully saturated rings. The first-order valence-electron chi connectivity index (χ1n) is 3.52. The number of nitrogens with one attached hydrogen (secondary N) is 1. The third-order valence-corrected chi connectivity index (χ3v) is 2.23. The van der Waals surface area contributed by atoms with Crippen LogP contribution in [0.15, 0.2) is 0 Å². The summed E-state index contributed by atoms with van der Waals surface area (Å²) in [6.07, 6.45) is 4.23. The van der Waals surface area contributed by atoms with Gasteiger partial charge in [-0.1, -0.05) is 13.3 Å². The molecule has 1 aliphatic rings. The molecule has 1 aliphatic carbocycles. The molecule has 0 spiro atoms. The van der Waals surface area contributed by atoms with Gasteiger partial charge in [0.2, 0.25) is 0 Å². The predicted molar refractivity (Wildman–Crippen MR) is 35.9 cm³/mol. The van der Waals surface area contributed by atoms with E-state index in [0.29, 0.717) is 0 Å². The summed E-state index contributed by atoms with van der Waals surface area (Å²) in [5.74, 6) is 0.917. The Labute approximate surface area is 51.5 Å². The fourth-order valence-corrected chi connectivity index (χ4v) is 1.57. The summed E-state index contributed by atoms with van der Waals surface area (Å²) in [7, 11) is 2.06. The zero-order chi connectivity index (χ0) is 5.98. The zero-order valence-electron chi connectivity index (χ0n) is 5.78. The highest BCUT2D eigenvalue weighted by atomic mass is 14.9. The normalized spacial score (nSPS) is 38.2. The number of hydrogen-bond acceptors (Lipinski definition) is 1. The summed E-state index contributed by atoms with van der Waals surface area (Å²) in [4.78, 5) is 0. The van der Waals surface area contributed by atoms with E-state index < -0.39 is 0 Å². The van der Waals surface area contributed by atoms with E-state index in [9.17, 15) is 0 Å². The van der Waals surface area contributed by atoms with Gasteiger partial charge in [-0.3, -0.25) is 0 Å². The minimum atomic E-state index is 0.815. The van der Waals surface area contributed by atoms with Crippen molar-refractivity contribution in [2.45, 2.75) is 32.2 Å². The lowest BCUT2D eigenvalue weighted by Gasteiger charge is -2.12. The molecule has 0 amide bonds. The second-order valence-electron chi connectivity index (χ2n) is 2.80. The van der Waals surface area contributed by atoms with Crippen LogP contribution < -0.4 is 5.32 Å². The van der Waals surface area contributed by atoms with Gasteiger partial charge in [0.05, 0.1) is 0 Å². The molecule has 1 saturated carbocycles. The first-order valence-corrected chi connectivity index (χ1v) is 3.52. The quantitative estimate of drug-likeness (QED) is 0.542. The van der Waals surface area contributed by atoms with Crippen molar-refractivity contribution in [3.05, 3.63) is 0 Å². The van der Waals surface area contributed by atoms with Gasteiger partial charge in [-0.25, -0.2) is 0 Å². The Morgan fingerprint density at radius 1 is 1.38 bits per heavy atom. The molecule has 0 bridgehead atoms. The maximum Gasteiger partial charge on any atom is 0.00896 e. The highest BCUT2D eigenvalue weighted by Crippen LogP contribution is 2.23. The number of hydrogen-bond donors (Lipinski definition) is 1. The third-order valence-electron chi connectivity index (χ3n) is 2.23. The van der Waals surface area contributed by atoms with Gasteiger partial charge in [-0.15, -0.1) is 0 Å². The van der Waals surface area contributed by atoms with Crippen molar-refractivity contribution in [2.24, 2.45) is 5.92 Å². The lowest BCUT2D eigenvalue weighted by molar-refractivity contribution is 0.459. The molecule has 0 heterocycles. The lowest BCUT2D eigenvalue weighted by atomic mass is 10.1. The van der Waals surface area contributed by atoms with Crippen LogP contribution in [0, 0.1) is 5.92 Å². The molecule has 0 radical (unpaired) electrons. The summed E-state index contributed by atoms with van der Waals surface area (Å²) in [5, 5.41) is 3.31. The Morgan fingerprint density at radius 2 is 2.12 bits per heavy atom. The summed E-state index contributed by atoms with van der Waals surface area (Å²) in [6, 6.07) is 0.815. The largest absolute Gasteiger partial charge is 0.317 e. The Hall–Kier alpha value is -0.0400. The van der Waals surface area contributed by atoms with Gasteiger partial charge in [-0.05, 0) is 25.8 Å². The molecule has 0 aromatic heterocycles. The second-order valence-corrected chi connectivity index (χ2v) is 2.80. The van der Waals surface area contributed by atoms with E-state index in [0.717, 1.165) is 12.0 Å². The Bertz CT molecular complexity index is 70.8. The molecule has 2 atom stereocenters. The minimum absolute atomic E-state index is 0.815. The van der Waals surface area contributed by atoms with Crippen molar-refractivity contribution >= 4 is 0 Å². The van der Waals surface area contributed by atoms with E-state index >= 15 is 0 Å². The summed E-state index contributed by atoms with van der Waals surface area (Å²) in [5.41, 5.74) is 0. The van der Waals surface area contributed by atoms with Crippen LogP contribution in [-0.4, -0.2) is 13.1 Å². The maximum absolute atomic E-state index is 3.31. The van der Waals surface area contributed by atoms with Crippen molar-refractivity contribution < 1.29 is 0 Å². The minimum Gasteiger partial charge on any atom is -0.317 e. The molecule has 0 aromatic rings. The second kappa shape index (κ2) is 2.49. The van der Waals surface area contributed by atoms with Crippen LogP contribution in [0.5, 0.6) is 0 Å². The summed E-state index contributed by atoms with van der Waals surface area (Å²) in [6.45, 7) is 2.33. The van der Waals surface area contributed by atoms with E-state index in [1.54, 1.807) is 0 Å². The monoisotopic (exact) mass is 113 g/mol. The van der Waals surface area contributed by atoms with Crippen molar-refractivity contribution in [1.29, 1.82) is 0 Å². The van der Waals surface area contributed by atoms with Crippen LogP contribution in [0.3, 0.4) is 0 Å². The average Bonchev–Trinajstić information content (AvgIpc) is 2.14. The molecule has 0 aromatic carbocycles. The van der Waals surface area contributed by atoms with Crippen molar-refractivity contribution in [1.82, 2.24) is 5.32 Å². The van der Waals surface area contributed by atoms with Crippen LogP contribution in [0.1, 0.15) is 26.2 Å². The van der Waals surface area contributed by atoms with Crippen molar-refractivity contribution in [3.8, 4) is 0 Å². The Morgan fingerprint density at radius 3 is 2.38 bits per heavy atom. The predicted octanol–water partition coefficient (Wildman–Crippen LogP) is 1.39. The third kappa shape index (κ3) is 1.03. The topological polar surface area (TPSA) is 12.0 Å². The van der Waals surface area contributed by atoms with Gasteiger partial charge in [0, 0.05) is 6.04 Å². The molecule has 1 heteroatoms. The summed E-state index contributed by atoms with van der Waals surface area (Å²) < 4.78 is 0. The van der Waals surface area contributed by atoms with Gasteiger partial charge in [0.15, 0.2) is 0 Å². The standard InChI is InChI=1S/C7H15N/c1-6-4-3-5-7(6)8-2/h6-8H,3-5H2,1-2H3/t6-,7-/m0/s1. The Balaban J connectivity index is 2.30. The van der Waals surface area contributed by atoms with Crippen molar-refractivity contribution in [3.63, 3.8) is 0 Å². The van der Waals surface area contributed by atoms with E-state index in [1.165, 1.54) is 19.3 Å². The van der Waals surface area contributed by atoms with Crippen LogP contribution >= 0.6 is 0 Å². The molecule has 0 saturated heterocycles. The van der Waals surface area contributed by atoms with Crippen LogP contribution in [-0.2, 0) is 0 Å². The molecule has 1 N–H and O–H groups in total. The highest BCUT2D eigenvalue weighted by molar-refractivity contribution is 4.78.